The molecule has 3 rings (SSSR count). The molecule has 6 heteroatoms. The van der Waals surface area contributed by atoms with Crippen LogP contribution < -0.4 is 15.4 Å². The highest BCUT2D eigenvalue weighted by molar-refractivity contribution is 14.0. The van der Waals surface area contributed by atoms with Gasteiger partial charge in [-0.1, -0.05) is 48.5 Å². The summed E-state index contributed by atoms with van der Waals surface area (Å²) in [5.41, 5.74) is 2.27. The Morgan fingerprint density at radius 3 is 2.46 bits per heavy atom. The molecule has 0 bridgehead atoms. The Labute approximate surface area is 184 Å². The summed E-state index contributed by atoms with van der Waals surface area (Å²) in [6, 6.07) is 18.4. The number of aliphatic imine (C=N–C) groups is 1. The molecule has 0 radical (unpaired) electrons. The van der Waals surface area contributed by atoms with Crippen LogP contribution in [0, 0.1) is 5.92 Å². The van der Waals surface area contributed by atoms with Crippen LogP contribution in [0.3, 0.4) is 0 Å². The highest BCUT2D eigenvalue weighted by atomic mass is 127. The minimum Gasteiger partial charge on any atom is -0.493 e. The highest BCUT2D eigenvalue weighted by Gasteiger charge is 2.22. The monoisotopic (exact) mass is 495 g/mol. The van der Waals surface area contributed by atoms with Crippen molar-refractivity contribution in [2.45, 2.75) is 25.5 Å². The lowest BCUT2D eigenvalue weighted by molar-refractivity contribution is 0.106. The van der Waals surface area contributed by atoms with Crippen molar-refractivity contribution in [1.29, 1.82) is 0 Å². The minimum atomic E-state index is -0.0288. The van der Waals surface area contributed by atoms with Crippen LogP contribution in [0.1, 0.15) is 30.1 Å². The van der Waals surface area contributed by atoms with Crippen molar-refractivity contribution in [3.63, 3.8) is 0 Å². The van der Waals surface area contributed by atoms with Gasteiger partial charge in [-0.05, 0) is 30.4 Å². The van der Waals surface area contributed by atoms with Crippen LogP contribution in [0.2, 0.25) is 0 Å². The van der Waals surface area contributed by atoms with Crippen molar-refractivity contribution in [2.24, 2.45) is 10.9 Å². The zero-order chi connectivity index (χ0) is 18.9. The molecule has 0 aliphatic heterocycles. The van der Waals surface area contributed by atoms with Gasteiger partial charge in [-0.15, -0.1) is 24.0 Å². The summed E-state index contributed by atoms with van der Waals surface area (Å²) in [6.45, 7) is 2.11. The molecule has 0 saturated heterocycles. The smallest absolute Gasteiger partial charge is 0.191 e. The van der Waals surface area contributed by atoms with Gasteiger partial charge >= 0.3 is 0 Å². The standard InChI is InChI=1S/C22H29N3O2.HI/c1-23-22(25-15-21(26-2)18-8-4-3-5-9-18)24-14-19-10-6-7-11-20(19)27-16-17-12-13-17;/h3-11,17,21H,12-16H2,1-2H3,(H2,23,24,25);1H. The Kier molecular flexibility index (Phi) is 9.57. The van der Waals surface area contributed by atoms with Gasteiger partial charge in [0.1, 0.15) is 5.75 Å². The number of benzene rings is 2. The zero-order valence-electron chi connectivity index (χ0n) is 16.6. The summed E-state index contributed by atoms with van der Waals surface area (Å²) in [6.07, 6.45) is 2.55. The normalized spacial score (nSPS) is 14.7. The van der Waals surface area contributed by atoms with Crippen molar-refractivity contribution in [3.8, 4) is 5.75 Å². The fraction of sp³-hybridized carbons (Fsp3) is 0.409. The molecule has 1 saturated carbocycles. The number of nitrogens with one attached hydrogen (secondary N) is 2. The highest BCUT2D eigenvalue weighted by Crippen LogP contribution is 2.30. The third-order valence-electron chi connectivity index (χ3n) is 4.72. The number of para-hydroxylation sites is 1. The van der Waals surface area contributed by atoms with E-state index in [1.807, 2.05) is 36.4 Å². The van der Waals surface area contributed by atoms with Gasteiger partial charge < -0.3 is 20.1 Å². The molecule has 0 spiro atoms. The average Bonchev–Trinajstić information content (AvgIpc) is 3.55. The fourth-order valence-electron chi connectivity index (χ4n) is 2.88. The predicted octanol–water partition coefficient (Wildman–Crippen LogP) is 4.15. The molecule has 1 atom stereocenters. The lowest BCUT2D eigenvalue weighted by Crippen LogP contribution is -2.39. The van der Waals surface area contributed by atoms with E-state index in [1.54, 1.807) is 14.2 Å². The quantitative estimate of drug-likeness (QED) is 0.312. The zero-order valence-corrected chi connectivity index (χ0v) is 18.9. The number of hydrogen-bond donors (Lipinski definition) is 2. The van der Waals surface area contributed by atoms with Crippen LogP contribution in [0.4, 0.5) is 0 Å². The molecule has 1 aliphatic carbocycles. The third kappa shape index (κ3) is 6.98. The van der Waals surface area contributed by atoms with Crippen LogP contribution >= 0.6 is 24.0 Å². The van der Waals surface area contributed by atoms with Crippen molar-refractivity contribution in [2.75, 3.05) is 27.3 Å². The molecule has 2 aromatic rings. The minimum absolute atomic E-state index is 0. The summed E-state index contributed by atoms with van der Waals surface area (Å²) in [4.78, 5) is 4.31. The molecule has 1 fully saturated rings. The van der Waals surface area contributed by atoms with E-state index >= 15 is 0 Å². The number of guanidine groups is 1. The summed E-state index contributed by atoms with van der Waals surface area (Å²) >= 11 is 0. The molecule has 2 N–H and O–H groups in total. The van der Waals surface area contributed by atoms with Crippen molar-refractivity contribution >= 4 is 29.9 Å². The topological polar surface area (TPSA) is 54.9 Å². The van der Waals surface area contributed by atoms with Crippen LogP contribution in [0.25, 0.3) is 0 Å². The fourth-order valence-corrected chi connectivity index (χ4v) is 2.88. The first-order chi connectivity index (χ1) is 13.3. The second kappa shape index (κ2) is 11.9. The van der Waals surface area contributed by atoms with Gasteiger partial charge in [0.05, 0.1) is 12.7 Å². The van der Waals surface area contributed by atoms with Crippen LogP contribution in [0.5, 0.6) is 5.75 Å². The molecule has 28 heavy (non-hydrogen) atoms. The lowest BCUT2D eigenvalue weighted by atomic mass is 10.1. The average molecular weight is 495 g/mol. The van der Waals surface area contributed by atoms with Crippen molar-refractivity contribution < 1.29 is 9.47 Å². The van der Waals surface area contributed by atoms with Crippen molar-refractivity contribution in [1.82, 2.24) is 10.6 Å². The van der Waals surface area contributed by atoms with Gasteiger partial charge in [-0.25, -0.2) is 0 Å². The van der Waals surface area contributed by atoms with Gasteiger partial charge in [0.25, 0.3) is 0 Å². The first kappa shape index (κ1) is 22.5. The lowest BCUT2D eigenvalue weighted by Gasteiger charge is -2.19. The van der Waals surface area contributed by atoms with Gasteiger partial charge in [0, 0.05) is 32.8 Å². The number of ether oxygens (including phenoxy) is 2. The second-order valence-corrected chi connectivity index (χ2v) is 6.80. The van der Waals surface area contributed by atoms with Crippen LogP contribution in [0.15, 0.2) is 59.6 Å². The number of methoxy groups -OCH3 is 1. The number of halogens is 1. The summed E-state index contributed by atoms with van der Waals surface area (Å²) in [5, 5.41) is 6.71. The van der Waals surface area contributed by atoms with Gasteiger partial charge in [0.2, 0.25) is 0 Å². The molecule has 5 nitrogen and oxygen atoms in total. The van der Waals surface area contributed by atoms with E-state index in [2.05, 4.69) is 33.8 Å². The molecule has 1 aliphatic rings. The molecule has 2 aromatic carbocycles. The van der Waals surface area contributed by atoms with E-state index in [9.17, 15) is 0 Å². The van der Waals surface area contributed by atoms with E-state index in [1.165, 1.54) is 12.8 Å². The van der Waals surface area contributed by atoms with Crippen molar-refractivity contribution in [3.05, 3.63) is 65.7 Å². The molecular weight excluding hydrogens is 465 g/mol. The Hall–Kier alpha value is -1.80. The second-order valence-electron chi connectivity index (χ2n) is 6.80. The maximum Gasteiger partial charge on any atom is 0.191 e. The van der Waals surface area contributed by atoms with E-state index in [-0.39, 0.29) is 30.1 Å². The van der Waals surface area contributed by atoms with Gasteiger partial charge in [-0.2, -0.15) is 0 Å². The summed E-state index contributed by atoms with van der Waals surface area (Å²) < 4.78 is 11.6. The van der Waals surface area contributed by atoms with E-state index in [0.717, 1.165) is 35.4 Å². The molecule has 0 heterocycles. The third-order valence-corrected chi connectivity index (χ3v) is 4.72. The SMILES string of the molecule is CN=C(NCc1ccccc1OCC1CC1)NCC(OC)c1ccccc1.I. The first-order valence-electron chi connectivity index (χ1n) is 9.53. The number of nitrogens with zero attached hydrogens (tertiary/aromatic N) is 1. The maximum atomic E-state index is 5.98. The van der Waals surface area contributed by atoms with E-state index < -0.39 is 0 Å². The Morgan fingerprint density at radius 1 is 1.07 bits per heavy atom. The molecule has 0 aromatic heterocycles. The summed E-state index contributed by atoms with van der Waals surface area (Å²) in [5.74, 6) is 2.43. The Balaban J connectivity index is 0.00000280. The summed E-state index contributed by atoms with van der Waals surface area (Å²) in [7, 11) is 3.50. The largest absolute Gasteiger partial charge is 0.493 e. The Bertz CT molecular complexity index is 736. The number of hydrogen-bond acceptors (Lipinski definition) is 3. The first-order valence-corrected chi connectivity index (χ1v) is 9.53. The van der Waals surface area contributed by atoms with E-state index in [0.29, 0.717) is 13.1 Å². The molecule has 1 unspecified atom stereocenters. The predicted molar refractivity (Wildman–Crippen MR) is 124 cm³/mol. The van der Waals surface area contributed by atoms with Crippen LogP contribution in [-0.2, 0) is 11.3 Å². The molecular formula is C22H30IN3O2. The molecule has 152 valence electrons. The number of rotatable bonds is 9. The Morgan fingerprint density at radius 2 is 1.79 bits per heavy atom. The van der Waals surface area contributed by atoms with Gasteiger partial charge in [0.15, 0.2) is 5.96 Å². The van der Waals surface area contributed by atoms with Gasteiger partial charge in [-0.3, -0.25) is 4.99 Å². The van der Waals surface area contributed by atoms with Crippen LogP contribution in [-0.4, -0.2) is 33.3 Å². The molecule has 0 amide bonds. The van der Waals surface area contributed by atoms with E-state index in [4.69, 9.17) is 9.47 Å². The maximum absolute atomic E-state index is 5.98.